The van der Waals surface area contributed by atoms with Crippen LogP contribution in [0.15, 0.2) is 18.2 Å². The first-order valence-corrected chi connectivity index (χ1v) is 4.63. The second-order valence-corrected chi connectivity index (χ2v) is 3.01. The Hall–Kier alpha value is -2.06. The molecule has 16 heavy (non-hydrogen) atoms. The van der Waals surface area contributed by atoms with Crippen LogP contribution in [0.1, 0.15) is 12.0 Å². The molecule has 0 aliphatic heterocycles. The molecule has 5 heteroatoms. The van der Waals surface area contributed by atoms with E-state index in [0.717, 1.165) is 0 Å². The fourth-order valence-corrected chi connectivity index (χ4v) is 1.16. The van der Waals surface area contributed by atoms with Crippen LogP contribution < -0.4 is 4.74 Å². The van der Waals surface area contributed by atoms with Gasteiger partial charge in [0.05, 0.1) is 18.1 Å². The van der Waals surface area contributed by atoms with Crippen molar-refractivity contribution in [3.05, 3.63) is 33.9 Å². The van der Waals surface area contributed by atoms with Crippen molar-refractivity contribution in [3.8, 4) is 18.1 Å². The maximum absolute atomic E-state index is 10.5. The molecule has 84 valence electrons. The molecule has 0 aromatic heterocycles. The molecule has 0 saturated heterocycles. The first-order chi connectivity index (χ1) is 7.69. The zero-order valence-electron chi connectivity index (χ0n) is 8.55. The molecule has 5 nitrogen and oxygen atoms in total. The third-order valence-electron chi connectivity index (χ3n) is 1.93. The first-order valence-electron chi connectivity index (χ1n) is 4.63. The maximum Gasteiger partial charge on any atom is 0.270 e. The lowest BCUT2D eigenvalue weighted by molar-refractivity contribution is -0.385. The van der Waals surface area contributed by atoms with E-state index in [1.165, 1.54) is 18.2 Å². The Morgan fingerprint density at radius 1 is 1.56 bits per heavy atom. The molecule has 0 fully saturated rings. The van der Waals surface area contributed by atoms with Gasteiger partial charge in [0.1, 0.15) is 5.75 Å². The smallest absolute Gasteiger partial charge is 0.270 e. The van der Waals surface area contributed by atoms with E-state index in [0.29, 0.717) is 24.3 Å². The number of nitro groups is 1. The highest BCUT2D eigenvalue weighted by molar-refractivity contribution is 5.43. The second-order valence-electron chi connectivity index (χ2n) is 3.01. The number of aliphatic hydroxyl groups is 1. The Labute approximate surface area is 92.8 Å². The molecule has 0 bridgehead atoms. The summed E-state index contributed by atoms with van der Waals surface area (Å²) in [5.41, 5.74) is 0.305. The highest BCUT2D eigenvalue weighted by Crippen LogP contribution is 2.24. The minimum absolute atomic E-state index is 0.0756. The summed E-state index contributed by atoms with van der Waals surface area (Å²) in [7, 11) is 0. The van der Waals surface area contributed by atoms with Gasteiger partial charge in [-0.1, -0.05) is 0 Å². The van der Waals surface area contributed by atoms with E-state index in [-0.39, 0.29) is 12.3 Å². The summed E-state index contributed by atoms with van der Waals surface area (Å²) in [5.74, 6) is 2.83. The summed E-state index contributed by atoms with van der Waals surface area (Å²) in [4.78, 5) is 9.97. The summed E-state index contributed by atoms with van der Waals surface area (Å²) in [6.45, 7) is 0.00831. The van der Waals surface area contributed by atoms with Gasteiger partial charge in [-0.3, -0.25) is 10.1 Å². The lowest BCUT2D eigenvalue weighted by atomic mass is 10.2. The summed E-state index contributed by atoms with van der Waals surface area (Å²) in [6.07, 6.45) is 5.50. The number of nitrogens with zero attached hydrogens (tertiary/aromatic N) is 1. The SMILES string of the molecule is C#CCCOc1ccc([N+](=O)[O-])cc1CO. The quantitative estimate of drug-likeness (QED) is 0.354. The van der Waals surface area contributed by atoms with Gasteiger partial charge in [-0.25, -0.2) is 0 Å². The molecule has 0 aliphatic rings. The van der Waals surface area contributed by atoms with Gasteiger partial charge in [0.15, 0.2) is 0 Å². The van der Waals surface area contributed by atoms with Gasteiger partial charge >= 0.3 is 0 Å². The summed E-state index contributed by atoms with van der Waals surface area (Å²) >= 11 is 0. The molecule has 0 amide bonds. The Morgan fingerprint density at radius 3 is 2.88 bits per heavy atom. The number of benzene rings is 1. The molecule has 1 N–H and O–H groups in total. The normalized spacial score (nSPS) is 9.50. The van der Waals surface area contributed by atoms with Crippen LogP contribution in [0.25, 0.3) is 0 Å². The van der Waals surface area contributed by atoms with Crippen molar-refractivity contribution in [1.82, 2.24) is 0 Å². The number of rotatable bonds is 5. The lowest BCUT2D eigenvalue weighted by Gasteiger charge is -2.08. The number of hydrogen-bond acceptors (Lipinski definition) is 4. The zero-order valence-corrected chi connectivity index (χ0v) is 8.55. The third-order valence-corrected chi connectivity index (χ3v) is 1.93. The largest absolute Gasteiger partial charge is 0.492 e. The second kappa shape index (κ2) is 5.73. The molecule has 0 aliphatic carbocycles. The number of nitro benzene ring substituents is 1. The number of hydrogen-bond donors (Lipinski definition) is 1. The Kier molecular flexibility index (Phi) is 4.30. The van der Waals surface area contributed by atoms with Gasteiger partial charge in [0, 0.05) is 24.1 Å². The van der Waals surface area contributed by atoms with Crippen LogP contribution >= 0.6 is 0 Å². The van der Waals surface area contributed by atoms with Gasteiger partial charge in [0.2, 0.25) is 0 Å². The number of ether oxygens (including phenoxy) is 1. The molecule has 1 aromatic carbocycles. The highest BCUT2D eigenvalue weighted by Gasteiger charge is 2.10. The molecular weight excluding hydrogens is 210 g/mol. The van der Waals surface area contributed by atoms with E-state index in [4.69, 9.17) is 16.3 Å². The van der Waals surface area contributed by atoms with Crippen molar-refractivity contribution >= 4 is 5.69 Å². The fourth-order valence-electron chi connectivity index (χ4n) is 1.16. The van der Waals surface area contributed by atoms with E-state index in [2.05, 4.69) is 5.92 Å². The predicted molar refractivity (Wildman–Crippen MR) is 58.0 cm³/mol. The third kappa shape index (κ3) is 2.97. The Balaban J connectivity index is 2.85. The van der Waals surface area contributed by atoms with Crippen molar-refractivity contribution in [1.29, 1.82) is 0 Å². The molecule has 0 heterocycles. The topological polar surface area (TPSA) is 72.6 Å². The average Bonchev–Trinajstić information content (AvgIpc) is 2.29. The zero-order chi connectivity index (χ0) is 12.0. The summed E-state index contributed by atoms with van der Waals surface area (Å²) in [6, 6.07) is 4.07. The van der Waals surface area contributed by atoms with E-state index in [1.54, 1.807) is 0 Å². The highest BCUT2D eigenvalue weighted by atomic mass is 16.6. The van der Waals surface area contributed by atoms with Gasteiger partial charge < -0.3 is 9.84 Å². The van der Waals surface area contributed by atoms with Crippen molar-refractivity contribution in [3.63, 3.8) is 0 Å². The monoisotopic (exact) mass is 221 g/mol. The van der Waals surface area contributed by atoms with Crippen LogP contribution in [0.4, 0.5) is 5.69 Å². The molecule has 1 aromatic rings. The van der Waals surface area contributed by atoms with E-state index >= 15 is 0 Å². The maximum atomic E-state index is 10.5. The van der Waals surface area contributed by atoms with Crippen LogP contribution in [-0.2, 0) is 6.61 Å². The van der Waals surface area contributed by atoms with Crippen molar-refractivity contribution in [2.45, 2.75) is 13.0 Å². The van der Waals surface area contributed by atoms with Gasteiger partial charge in [0.25, 0.3) is 5.69 Å². The van der Waals surface area contributed by atoms with Gasteiger partial charge in [-0.15, -0.1) is 12.3 Å². The van der Waals surface area contributed by atoms with Crippen LogP contribution in [0.3, 0.4) is 0 Å². The predicted octanol–water partition coefficient (Wildman–Crippen LogP) is 1.49. The van der Waals surface area contributed by atoms with Crippen molar-refractivity contribution in [2.75, 3.05) is 6.61 Å². The molecule has 1 rings (SSSR count). The number of aliphatic hydroxyl groups excluding tert-OH is 1. The van der Waals surface area contributed by atoms with Gasteiger partial charge in [-0.2, -0.15) is 0 Å². The summed E-state index contributed by atoms with van der Waals surface area (Å²) in [5, 5.41) is 19.5. The summed E-state index contributed by atoms with van der Waals surface area (Å²) < 4.78 is 5.28. The van der Waals surface area contributed by atoms with Crippen LogP contribution in [0, 0.1) is 22.5 Å². The Bertz CT molecular complexity index is 422. The van der Waals surface area contributed by atoms with Crippen molar-refractivity contribution in [2.24, 2.45) is 0 Å². The lowest BCUT2D eigenvalue weighted by Crippen LogP contribution is -2.00. The fraction of sp³-hybridized carbons (Fsp3) is 0.273. The van der Waals surface area contributed by atoms with E-state index < -0.39 is 4.92 Å². The standard InChI is InChI=1S/C11H11NO4/c1-2-3-6-16-11-5-4-10(12(14)15)7-9(11)8-13/h1,4-5,7,13H,3,6,8H2. The molecule has 0 spiro atoms. The van der Waals surface area contributed by atoms with Gasteiger partial charge in [-0.05, 0) is 6.07 Å². The van der Waals surface area contributed by atoms with Crippen LogP contribution in [-0.4, -0.2) is 16.6 Å². The molecule has 0 radical (unpaired) electrons. The molecule has 0 atom stereocenters. The van der Waals surface area contributed by atoms with Crippen LogP contribution in [0.2, 0.25) is 0 Å². The van der Waals surface area contributed by atoms with E-state index in [1.807, 2.05) is 0 Å². The van der Waals surface area contributed by atoms with E-state index in [9.17, 15) is 10.1 Å². The van der Waals surface area contributed by atoms with Crippen molar-refractivity contribution < 1.29 is 14.8 Å². The molecule has 0 unspecified atom stereocenters. The number of terminal acetylenes is 1. The Morgan fingerprint density at radius 2 is 2.31 bits per heavy atom. The minimum atomic E-state index is -0.523. The first kappa shape index (κ1) is 12.0. The minimum Gasteiger partial charge on any atom is -0.492 e. The van der Waals surface area contributed by atoms with Crippen LogP contribution in [0.5, 0.6) is 5.75 Å². The molecular formula is C11H11NO4. The number of non-ortho nitro benzene ring substituents is 1. The average molecular weight is 221 g/mol. The molecule has 0 saturated carbocycles.